The molecule has 0 radical (unpaired) electrons. The molecule has 4 heteroatoms. The van der Waals surface area contributed by atoms with Crippen LogP contribution in [0, 0.1) is 0 Å². The van der Waals surface area contributed by atoms with E-state index in [1.165, 1.54) is 0 Å². The van der Waals surface area contributed by atoms with Gasteiger partial charge in [0.2, 0.25) is 0 Å². The van der Waals surface area contributed by atoms with Crippen LogP contribution in [0.5, 0.6) is 0 Å². The molecule has 70 valence electrons. The normalized spacial score (nSPS) is 26.4. The van der Waals surface area contributed by atoms with Crippen LogP contribution in [0.2, 0.25) is 0 Å². The second-order valence-electron chi connectivity index (χ2n) is 3.00. The molecule has 0 aliphatic carbocycles. The summed E-state index contributed by atoms with van der Waals surface area (Å²) in [5.41, 5.74) is 0. The van der Waals surface area contributed by atoms with Crippen LogP contribution in [0.15, 0.2) is 0 Å². The molecule has 0 spiro atoms. The molecule has 1 heterocycles. The lowest BCUT2D eigenvalue weighted by atomic mass is 10.3. The fraction of sp³-hybridized carbons (Fsp3) is 1.00. The van der Waals surface area contributed by atoms with Crippen molar-refractivity contribution in [1.29, 1.82) is 0 Å². The standard InChI is InChI=1S/C8H16O3P/c1-2-3-5-10-7-8-4-6-12(9)11-8/h8H,2-7H2,1H3/q+1. The second-order valence-corrected chi connectivity index (χ2v) is 4.32. The molecule has 1 aliphatic heterocycles. The number of ether oxygens (including phenoxy) is 1. The number of hydrogen-bond acceptors (Lipinski definition) is 3. The lowest BCUT2D eigenvalue weighted by Gasteiger charge is -2.04. The summed E-state index contributed by atoms with van der Waals surface area (Å²) in [6.45, 7) is 3.54. The fourth-order valence-corrected chi connectivity index (χ4v) is 2.20. The van der Waals surface area contributed by atoms with Gasteiger partial charge in [-0.05, 0) is 11.0 Å². The summed E-state index contributed by atoms with van der Waals surface area (Å²) in [4.78, 5) is 0. The number of hydrogen-bond donors (Lipinski definition) is 0. The Morgan fingerprint density at radius 2 is 2.50 bits per heavy atom. The predicted octanol–water partition coefficient (Wildman–Crippen LogP) is 2.33. The molecule has 0 aromatic rings. The Bertz CT molecular complexity index is 149. The Labute approximate surface area is 74.3 Å². The molecule has 0 bridgehead atoms. The third-order valence-electron chi connectivity index (χ3n) is 1.85. The molecule has 0 aromatic heterocycles. The fourth-order valence-electron chi connectivity index (χ4n) is 1.10. The van der Waals surface area contributed by atoms with E-state index in [2.05, 4.69) is 6.92 Å². The van der Waals surface area contributed by atoms with E-state index in [1.807, 2.05) is 0 Å². The topological polar surface area (TPSA) is 35.5 Å². The van der Waals surface area contributed by atoms with Gasteiger partial charge in [0, 0.05) is 13.0 Å². The minimum absolute atomic E-state index is 0.0884. The molecule has 0 N–H and O–H groups in total. The molecule has 1 rings (SSSR count). The van der Waals surface area contributed by atoms with Gasteiger partial charge in [-0.15, -0.1) is 4.52 Å². The zero-order valence-electron chi connectivity index (χ0n) is 7.49. The third kappa shape index (κ3) is 3.61. The van der Waals surface area contributed by atoms with Gasteiger partial charge in [0.1, 0.15) is 6.10 Å². The Kier molecular flexibility index (Phi) is 4.74. The molecule has 12 heavy (non-hydrogen) atoms. The van der Waals surface area contributed by atoms with Gasteiger partial charge in [0.25, 0.3) is 0 Å². The summed E-state index contributed by atoms with van der Waals surface area (Å²) in [6, 6.07) is 0. The SMILES string of the molecule is CCCCOCC1CC[P+](=O)O1. The highest BCUT2D eigenvalue weighted by atomic mass is 31.1. The van der Waals surface area contributed by atoms with Crippen LogP contribution in [0.3, 0.4) is 0 Å². The van der Waals surface area contributed by atoms with Crippen molar-refractivity contribution < 1.29 is 13.8 Å². The first kappa shape index (κ1) is 10.1. The van der Waals surface area contributed by atoms with Gasteiger partial charge >= 0.3 is 8.03 Å². The van der Waals surface area contributed by atoms with Crippen molar-refractivity contribution >= 4 is 8.03 Å². The number of rotatable bonds is 5. The summed E-state index contributed by atoms with van der Waals surface area (Å²) < 4.78 is 21.3. The van der Waals surface area contributed by atoms with Crippen LogP contribution in [0.25, 0.3) is 0 Å². The summed E-state index contributed by atoms with van der Waals surface area (Å²) >= 11 is 0. The number of unbranched alkanes of at least 4 members (excludes halogenated alkanes) is 1. The van der Waals surface area contributed by atoms with E-state index in [9.17, 15) is 4.57 Å². The maximum Gasteiger partial charge on any atom is 0.508 e. The zero-order valence-corrected chi connectivity index (χ0v) is 8.39. The first-order valence-electron chi connectivity index (χ1n) is 4.52. The molecule has 1 fully saturated rings. The maximum atomic E-state index is 10.8. The van der Waals surface area contributed by atoms with Crippen LogP contribution in [0.1, 0.15) is 26.2 Å². The highest BCUT2D eigenvalue weighted by Gasteiger charge is 2.34. The highest BCUT2D eigenvalue weighted by Crippen LogP contribution is 2.34. The Hall–Kier alpha value is 0.0200. The van der Waals surface area contributed by atoms with Crippen molar-refractivity contribution in [1.82, 2.24) is 0 Å². The lowest BCUT2D eigenvalue weighted by Crippen LogP contribution is -2.13. The van der Waals surface area contributed by atoms with Gasteiger partial charge in [-0.1, -0.05) is 13.3 Å². The van der Waals surface area contributed by atoms with Crippen molar-refractivity contribution in [2.75, 3.05) is 19.4 Å². The van der Waals surface area contributed by atoms with Gasteiger partial charge in [-0.2, -0.15) is 0 Å². The minimum atomic E-state index is -1.36. The van der Waals surface area contributed by atoms with Crippen molar-refractivity contribution in [2.24, 2.45) is 0 Å². The van der Waals surface area contributed by atoms with Gasteiger partial charge in [0.15, 0.2) is 6.16 Å². The molecular formula is C8H16O3P+. The third-order valence-corrected chi connectivity index (χ3v) is 3.00. The Morgan fingerprint density at radius 3 is 3.08 bits per heavy atom. The van der Waals surface area contributed by atoms with Crippen LogP contribution < -0.4 is 0 Å². The van der Waals surface area contributed by atoms with E-state index in [4.69, 9.17) is 9.26 Å². The molecule has 1 saturated heterocycles. The molecule has 2 atom stereocenters. The van der Waals surface area contributed by atoms with Crippen molar-refractivity contribution in [3.63, 3.8) is 0 Å². The molecular weight excluding hydrogens is 175 g/mol. The van der Waals surface area contributed by atoms with Crippen molar-refractivity contribution in [3.05, 3.63) is 0 Å². The van der Waals surface area contributed by atoms with Gasteiger partial charge in [-0.3, -0.25) is 0 Å². The molecule has 0 saturated carbocycles. The summed E-state index contributed by atoms with van der Waals surface area (Å²) in [6.07, 6.45) is 3.93. The van der Waals surface area contributed by atoms with E-state index >= 15 is 0 Å². The minimum Gasteiger partial charge on any atom is -0.379 e. The Morgan fingerprint density at radius 1 is 1.67 bits per heavy atom. The molecule has 3 nitrogen and oxygen atoms in total. The average Bonchev–Trinajstić information content (AvgIpc) is 2.45. The van der Waals surface area contributed by atoms with Gasteiger partial charge < -0.3 is 4.74 Å². The Balaban J connectivity index is 1.97. The van der Waals surface area contributed by atoms with Gasteiger partial charge in [-0.25, -0.2) is 0 Å². The lowest BCUT2D eigenvalue weighted by molar-refractivity contribution is 0.0605. The largest absolute Gasteiger partial charge is 0.508 e. The van der Waals surface area contributed by atoms with Crippen molar-refractivity contribution in [2.45, 2.75) is 32.3 Å². The molecule has 2 unspecified atom stereocenters. The second kappa shape index (κ2) is 5.63. The van der Waals surface area contributed by atoms with Crippen LogP contribution in [-0.2, 0) is 13.8 Å². The average molecular weight is 191 g/mol. The molecule has 0 aromatic carbocycles. The van der Waals surface area contributed by atoms with E-state index < -0.39 is 8.03 Å². The maximum absolute atomic E-state index is 10.8. The highest BCUT2D eigenvalue weighted by molar-refractivity contribution is 7.39. The monoisotopic (exact) mass is 191 g/mol. The predicted molar refractivity (Wildman–Crippen MR) is 47.7 cm³/mol. The molecule has 1 aliphatic rings. The summed E-state index contributed by atoms with van der Waals surface area (Å²) in [5, 5.41) is 0. The first-order chi connectivity index (χ1) is 5.83. The quantitative estimate of drug-likeness (QED) is 0.494. The van der Waals surface area contributed by atoms with E-state index in [0.29, 0.717) is 12.8 Å². The first-order valence-corrected chi connectivity index (χ1v) is 5.88. The van der Waals surface area contributed by atoms with E-state index in [0.717, 1.165) is 25.9 Å². The smallest absolute Gasteiger partial charge is 0.379 e. The van der Waals surface area contributed by atoms with Crippen LogP contribution in [-0.4, -0.2) is 25.5 Å². The van der Waals surface area contributed by atoms with Gasteiger partial charge in [0.05, 0.1) is 6.61 Å². The van der Waals surface area contributed by atoms with E-state index in [1.54, 1.807) is 0 Å². The zero-order chi connectivity index (χ0) is 8.81. The van der Waals surface area contributed by atoms with E-state index in [-0.39, 0.29) is 6.10 Å². The summed E-state index contributed by atoms with van der Waals surface area (Å²) in [5.74, 6) is 0. The van der Waals surface area contributed by atoms with Crippen LogP contribution >= 0.6 is 8.03 Å². The van der Waals surface area contributed by atoms with Crippen molar-refractivity contribution in [3.8, 4) is 0 Å². The summed E-state index contributed by atoms with van der Waals surface area (Å²) in [7, 11) is -1.36. The molecule has 0 amide bonds. The van der Waals surface area contributed by atoms with Crippen LogP contribution in [0.4, 0.5) is 0 Å².